The second kappa shape index (κ2) is 7.23. The highest BCUT2D eigenvalue weighted by Gasteiger charge is 2.18. The van der Waals surface area contributed by atoms with Gasteiger partial charge in [-0.15, -0.1) is 0 Å². The predicted molar refractivity (Wildman–Crippen MR) is 66.3 cm³/mol. The molecule has 0 saturated heterocycles. The van der Waals surface area contributed by atoms with Crippen LogP contribution in [0.2, 0.25) is 0 Å². The average Bonchev–Trinajstić information content (AvgIpc) is 2.70. The number of nitrogens with one attached hydrogen (secondary N) is 1. The van der Waals surface area contributed by atoms with Gasteiger partial charge < -0.3 is 10.2 Å². The minimum Gasteiger partial charge on any atom is -0.355 e. The minimum absolute atomic E-state index is 0.145. The number of carbonyl (C=O) groups is 1. The molecule has 0 bridgehead atoms. The monoisotopic (exact) mass is 276 g/mol. The fourth-order valence-electron chi connectivity index (χ4n) is 2.07. The molecule has 3 nitrogen and oxygen atoms in total. The topological polar surface area (TPSA) is 32.3 Å². The molecule has 0 spiro atoms. The van der Waals surface area contributed by atoms with Crippen molar-refractivity contribution in [2.75, 3.05) is 25.5 Å². The van der Waals surface area contributed by atoms with Crippen molar-refractivity contribution in [3.05, 3.63) is 0 Å². The van der Waals surface area contributed by atoms with Gasteiger partial charge in [-0.25, -0.2) is 0 Å². The first-order valence-electron chi connectivity index (χ1n) is 5.77. The van der Waals surface area contributed by atoms with Crippen LogP contribution in [0.3, 0.4) is 0 Å². The van der Waals surface area contributed by atoms with Crippen molar-refractivity contribution in [3.63, 3.8) is 0 Å². The van der Waals surface area contributed by atoms with Crippen LogP contribution in [0, 0.1) is 0 Å². The van der Waals surface area contributed by atoms with E-state index in [1.165, 1.54) is 25.7 Å². The number of carbonyl (C=O) groups excluding carboxylic acids is 1. The number of alkyl halides is 1. The largest absolute Gasteiger partial charge is 0.355 e. The third-order valence-corrected chi connectivity index (χ3v) is 3.45. The van der Waals surface area contributed by atoms with E-state index < -0.39 is 0 Å². The van der Waals surface area contributed by atoms with E-state index in [4.69, 9.17) is 0 Å². The van der Waals surface area contributed by atoms with E-state index in [2.05, 4.69) is 33.2 Å². The normalized spacial score (nSPS) is 17.3. The summed E-state index contributed by atoms with van der Waals surface area (Å²) in [5.41, 5.74) is 0. The van der Waals surface area contributed by atoms with E-state index in [1.807, 2.05) is 0 Å². The highest BCUT2D eigenvalue weighted by Crippen LogP contribution is 2.21. The maximum absolute atomic E-state index is 11.2. The van der Waals surface area contributed by atoms with Crippen LogP contribution < -0.4 is 5.32 Å². The van der Waals surface area contributed by atoms with E-state index in [1.54, 1.807) is 0 Å². The smallest absolute Gasteiger partial charge is 0.220 e. The lowest BCUT2D eigenvalue weighted by Crippen LogP contribution is -2.37. The molecule has 0 aromatic heterocycles. The van der Waals surface area contributed by atoms with Crippen molar-refractivity contribution in [1.29, 1.82) is 0 Å². The Kier molecular flexibility index (Phi) is 6.25. The molecular formula is C11H21BrN2O. The van der Waals surface area contributed by atoms with Crippen molar-refractivity contribution < 1.29 is 4.79 Å². The summed E-state index contributed by atoms with van der Waals surface area (Å²) in [6.45, 7) is 1.75. The van der Waals surface area contributed by atoms with Crippen LogP contribution in [0.4, 0.5) is 0 Å². The summed E-state index contributed by atoms with van der Waals surface area (Å²) >= 11 is 3.25. The van der Waals surface area contributed by atoms with Gasteiger partial charge in [0.2, 0.25) is 5.91 Å². The second-order valence-corrected chi connectivity index (χ2v) is 5.00. The average molecular weight is 277 g/mol. The number of halogens is 1. The van der Waals surface area contributed by atoms with Gasteiger partial charge in [-0.1, -0.05) is 28.8 Å². The Morgan fingerprint density at radius 1 is 1.47 bits per heavy atom. The summed E-state index contributed by atoms with van der Waals surface area (Å²) in [4.78, 5) is 13.6. The standard InChI is InChI=1S/C11H21BrN2O/c1-14(10-4-2-3-5-10)9-8-13-11(15)6-7-12/h10H,2-9H2,1H3,(H,13,15). The first kappa shape index (κ1) is 13.0. The molecule has 0 heterocycles. The van der Waals surface area contributed by atoms with Crippen molar-refractivity contribution in [3.8, 4) is 0 Å². The molecular weight excluding hydrogens is 256 g/mol. The Morgan fingerprint density at radius 2 is 2.13 bits per heavy atom. The Labute approximate surface area is 101 Å². The number of hydrogen-bond donors (Lipinski definition) is 1. The van der Waals surface area contributed by atoms with Gasteiger partial charge in [0, 0.05) is 30.9 Å². The third kappa shape index (κ3) is 4.98. The predicted octanol–water partition coefficient (Wildman–Crippen LogP) is 1.76. The Balaban J connectivity index is 2.05. The molecule has 1 N–H and O–H groups in total. The van der Waals surface area contributed by atoms with Crippen LogP contribution in [0.5, 0.6) is 0 Å². The lowest BCUT2D eigenvalue weighted by Gasteiger charge is -2.23. The molecule has 1 rings (SSSR count). The van der Waals surface area contributed by atoms with Crippen LogP contribution in [0.25, 0.3) is 0 Å². The molecule has 1 aliphatic rings. The SMILES string of the molecule is CN(CCNC(=O)CCBr)C1CCCC1. The summed E-state index contributed by atoms with van der Waals surface area (Å²) < 4.78 is 0. The molecule has 1 saturated carbocycles. The van der Waals surface area contributed by atoms with Crippen LogP contribution in [0.1, 0.15) is 32.1 Å². The summed E-state index contributed by atoms with van der Waals surface area (Å²) in [5.74, 6) is 0.145. The van der Waals surface area contributed by atoms with Gasteiger partial charge >= 0.3 is 0 Å². The van der Waals surface area contributed by atoms with Gasteiger partial charge in [-0.05, 0) is 19.9 Å². The van der Waals surface area contributed by atoms with E-state index in [0.29, 0.717) is 6.42 Å². The van der Waals surface area contributed by atoms with E-state index in [0.717, 1.165) is 24.5 Å². The minimum atomic E-state index is 0.145. The van der Waals surface area contributed by atoms with Crippen LogP contribution >= 0.6 is 15.9 Å². The maximum Gasteiger partial charge on any atom is 0.220 e. The summed E-state index contributed by atoms with van der Waals surface area (Å²) in [6.07, 6.45) is 5.96. The van der Waals surface area contributed by atoms with Gasteiger partial charge in [0.25, 0.3) is 0 Å². The highest BCUT2D eigenvalue weighted by atomic mass is 79.9. The highest BCUT2D eigenvalue weighted by molar-refractivity contribution is 9.09. The van der Waals surface area contributed by atoms with Crippen molar-refractivity contribution >= 4 is 21.8 Å². The van der Waals surface area contributed by atoms with Crippen molar-refractivity contribution in [1.82, 2.24) is 10.2 Å². The van der Waals surface area contributed by atoms with Crippen LogP contribution in [-0.2, 0) is 4.79 Å². The molecule has 15 heavy (non-hydrogen) atoms. The molecule has 88 valence electrons. The number of likely N-dealkylation sites (N-methyl/N-ethyl adjacent to an activating group) is 1. The quantitative estimate of drug-likeness (QED) is 0.750. The first-order valence-corrected chi connectivity index (χ1v) is 6.89. The van der Waals surface area contributed by atoms with Crippen LogP contribution in [-0.4, -0.2) is 42.3 Å². The Bertz CT molecular complexity index is 193. The molecule has 0 aromatic rings. The lowest BCUT2D eigenvalue weighted by molar-refractivity contribution is -0.120. The maximum atomic E-state index is 11.2. The molecule has 1 fully saturated rings. The molecule has 1 aliphatic carbocycles. The summed E-state index contributed by atoms with van der Waals surface area (Å²) in [6, 6.07) is 0.748. The van der Waals surface area contributed by atoms with Crippen molar-refractivity contribution in [2.45, 2.75) is 38.1 Å². The van der Waals surface area contributed by atoms with Gasteiger partial charge in [-0.3, -0.25) is 4.79 Å². The zero-order valence-corrected chi connectivity index (χ0v) is 11.1. The molecule has 0 unspecified atom stereocenters. The molecule has 0 radical (unpaired) electrons. The zero-order valence-electron chi connectivity index (χ0n) is 9.47. The third-order valence-electron chi connectivity index (χ3n) is 3.06. The van der Waals surface area contributed by atoms with Gasteiger partial charge in [0.15, 0.2) is 0 Å². The Hall–Kier alpha value is -0.0900. The Morgan fingerprint density at radius 3 is 2.73 bits per heavy atom. The molecule has 1 amide bonds. The number of rotatable bonds is 6. The fraction of sp³-hybridized carbons (Fsp3) is 0.909. The van der Waals surface area contributed by atoms with E-state index in [9.17, 15) is 4.79 Å². The summed E-state index contributed by atoms with van der Waals surface area (Å²) in [7, 11) is 2.16. The van der Waals surface area contributed by atoms with E-state index >= 15 is 0 Å². The number of nitrogens with zero attached hydrogens (tertiary/aromatic N) is 1. The second-order valence-electron chi connectivity index (χ2n) is 4.21. The summed E-state index contributed by atoms with van der Waals surface area (Å²) in [5, 5.41) is 3.67. The molecule has 0 aliphatic heterocycles. The van der Waals surface area contributed by atoms with E-state index in [-0.39, 0.29) is 5.91 Å². The lowest BCUT2D eigenvalue weighted by atomic mass is 10.2. The number of hydrogen-bond acceptors (Lipinski definition) is 2. The van der Waals surface area contributed by atoms with Gasteiger partial charge in [0.1, 0.15) is 0 Å². The van der Waals surface area contributed by atoms with Gasteiger partial charge in [0.05, 0.1) is 0 Å². The molecule has 4 heteroatoms. The van der Waals surface area contributed by atoms with Gasteiger partial charge in [-0.2, -0.15) is 0 Å². The number of amides is 1. The first-order chi connectivity index (χ1) is 7.24. The zero-order chi connectivity index (χ0) is 11.1. The van der Waals surface area contributed by atoms with Crippen LogP contribution in [0.15, 0.2) is 0 Å². The fourth-order valence-corrected chi connectivity index (χ4v) is 2.43. The van der Waals surface area contributed by atoms with Crippen molar-refractivity contribution in [2.24, 2.45) is 0 Å². The molecule has 0 atom stereocenters. The molecule has 0 aromatic carbocycles.